The molecule has 0 aliphatic carbocycles. The number of likely N-dealkylation sites (tertiary alicyclic amines) is 1. The van der Waals surface area contributed by atoms with E-state index in [1.807, 2.05) is 30.0 Å². The zero-order valence-electron chi connectivity index (χ0n) is 12.9. The van der Waals surface area contributed by atoms with Crippen LogP contribution in [-0.4, -0.2) is 34.0 Å². The summed E-state index contributed by atoms with van der Waals surface area (Å²) in [4.78, 5) is 19.2. The number of benzene rings is 1. The van der Waals surface area contributed by atoms with Crippen molar-refractivity contribution in [2.75, 3.05) is 13.1 Å². The van der Waals surface area contributed by atoms with E-state index in [0.29, 0.717) is 18.2 Å². The number of piperidine rings is 1. The van der Waals surface area contributed by atoms with E-state index in [4.69, 9.17) is 9.51 Å². The van der Waals surface area contributed by atoms with E-state index in [1.54, 1.807) is 17.4 Å². The molecule has 3 heterocycles. The van der Waals surface area contributed by atoms with Gasteiger partial charge in [-0.05, 0) is 31.9 Å². The fraction of sp³-hybridized carbons (Fsp3) is 0.353. The van der Waals surface area contributed by atoms with Crippen LogP contribution in [0.15, 0.2) is 34.9 Å². The minimum absolute atomic E-state index is 0.0728. The fourth-order valence-corrected chi connectivity index (χ4v) is 4.14. The molecule has 4 rings (SSSR count). The molecule has 118 valence electrons. The lowest BCUT2D eigenvalue weighted by Crippen LogP contribution is -2.38. The Bertz CT molecular complexity index is 821. The van der Waals surface area contributed by atoms with E-state index in [9.17, 15) is 4.79 Å². The van der Waals surface area contributed by atoms with Gasteiger partial charge in [0.2, 0.25) is 5.76 Å². The number of nitrogens with zero attached hydrogens (tertiary/aromatic N) is 3. The van der Waals surface area contributed by atoms with Gasteiger partial charge in [0.1, 0.15) is 0 Å². The zero-order valence-corrected chi connectivity index (χ0v) is 13.7. The number of hydrogen-bond donors (Lipinski definition) is 0. The van der Waals surface area contributed by atoms with Crippen LogP contribution in [0.1, 0.15) is 40.0 Å². The van der Waals surface area contributed by atoms with E-state index in [2.05, 4.69) is 11.2 Å². The molecule has 1 aliphatic heterocycles. The molecule has 23 heavy (non-hydrogen) atoms. The summed E-state index contributed by atoms with van der Waals surface area (Å²) >= 11 is 1.73. The smallest absolute Gasteiger partial charge is 0.292 e. The molecule has 0 spiro atoms. The zero-order chi connectivity index (χ0) is 15.8. The average molecular weight is 327 g/mol. The maximum absolute atomic E-state index is 12.5. The summed E-state index contributed by atoms with van der Waals surface area (Å²) in [5.41, 5.74) is 1.77. The van der Waals surface area contributed by atoms with Crippen molar-refractivity contribution in [3.05, 3.63) is 46.8 Å². The highest BCUT2D eigenvalue weighted by Crippen LogP contribution is 2.33. The van der Waals surface area contributed by atoms with Crippen LogP contribution < -0.4 is 0 Å². The predicted octanol–water partition coefficient (Wildman–Crippen LogP) is 3.61. The summed E-state index contributed by atoms with van der Waals surface area (Å²) in [5, 5.41) is 4.93. The first-order valence-corrected chi connectivity index (χ1v) is 8.60. The fourth-order valence-electron chi connectivity index (χ4n) is 3.05. The van der Waals surface area contributed by atoms with Crippen molar-refractivity contribution < 1.29 is 9.32 Å². The maximum atomic E-state index is 12.5. The minimum atomic E-state index is -0.0728. The van der Waals surface area contributed by atoms with Gasteiger partial charge in [-0.2, -0.15) is 0 Å². The second kappa shape index (κ2) is 5.77. The molecule has 0 unspecified atom stereocenters. The van der Waals surface area contributed by atoms with Crippen molar-refractivity contribution in [1.29, 1.82) is 0 Å². The molecular formula is C17H17N3O2S. The maximum Gasteiger partial charge on any atom is 0.292 e. The number of fused-ring (bicyclic) bond motifs is 1. The number of hydrogen-bond acceptors (Lipinski definition) is 5. The van der Waals surface area contributed by atoms with Crippen molar-refractivity contribution in [1.82, 2.24) is 15.0 Å². The molecule has 6 heteroatoms. The van der Waals surface area contributed by atoms with Gasteiger partial charge >= 0.3 is 0 Å². The lowest BCUT2D eigenvalue weighted by atomic mass is 9.98. The number of thiazole rings is 1. The van der Waals surface area contributed by atoms with Gasteiger partial charge in [-0.3, -0.25) is 4.79 Å². The monoisotopic (exact) mass is 327 g/mol. The van der Waals surface area contributed by atoms with Gasteiger partial charge in [-0.1, -0.05) is 17.3 Å². The number of carbonyl (C=O) groups is 1. The van der Waals surface area contributed by atoms with Gasteiger partial charge in [0.05, 0.1) is 20.9 Å². The Balaban J connectivity index is 1.55. The Kier molecular flexibility index (Phi) is 3.61. The lowest BCUT2D eigenvalue weighted by Gasteiger charge is -2.31. The van der Waals surface area contributed by atoms with Gasteiger partial charge in [0, 0.05) is 25.1 Å². The summed E-state index contributed by atoms with van der Waals surface area (Å²) in [5.74, 6) is 0.554. The van der Waals surface area contributed by atoms with E-state index in [-0.39, 0.29) is 5.91 Å². The van der Waals surface area contributed by atoms with Gasteiger partial charge in [-0.25, -0.2) is 4.98 Å². The Labute approximate surface area is 137 Å². The molecule has 1 saturated heterocycles. The number of aryl methyl sites for hydroxylation is 1. The van der Waals surface area contributed by atoms with Crippen molar-refractivity contribution in [3.8, 4) is 0 Å². The normalized spacial score (nSPS) is 18.5. The van der Waals surface area contributed by atoms with Crippen LogP contribution in [0.5, 0.6) is 0 Å². The summed E-state index contributed by atoms with van der Waals surface area (Å²) in [6.07, 6.45) is 2.05. The van der Waals surface area contributed by atoms with Gasteiger partial charge in [-0.15, -0.1) is 11.3 Å². The molecule has 1 amide bonds. The van der Waals surface area contributed by atoms with Crippen LogP contribution in [-0.2, 0) is 0 Å². The topological polar surface area (TPSA) is 59.2 Å². The summed E-state index contributed by atoms with van der Waals surface area (Å²) in [6, 6.07) is 9.88. The number of para-hydroxylation sites is 1. The summed E-state index contributed by atoms with van der Waals surface area (Å²) in [6.45, 7) is 3.28. The summed E-state index contributed by atoms with van der Waals surface area (Å²) in [7, 11) is 0. The Morgan fingerprint density at radius 1 is 1.39 bits per heavy atom. The molecule has 1 atom stereocenters. The third-order valence-electron chi connectivity index (χ3n) is 4.21. The molecule has 2 aromatic heterocycles. The second-order valence-corrected chi connectivity index (χ2v) is 7.00. The number of amides is 1. The first kappa shape index (κ1) is 14.4. The van der Waals surface area contributed by atoms with Crippen molar-refractivity contribution in [2.24, 2.45) is 0 Å². The number of aromatic nitrogens is 2. The van der Waals surface area contributed by atoms with E-state index >= 15 is 0 Å². The van der Waals surface area contributed by atoms with Crippen LogP contribution in [0.2, 0.25) is 0 Å². The largest absolute Gasteiger partial charge is 0.351 e. The first-order chi connectivity index (χ1) is 11.2. The highest BCUT2D eigenvalue weighted by Gasteiger charge is 2.29. The van der Waals surface area contributed by atoms with E-state index < -0.39 is 0 Å². The van der Waals surface area contributed by atoms with Crippen LogP contribution >= 0.6 is 11.3 Å². The molecule has 1 aromatic carbocycles. The molecule has 1 aliphatic rings. The Morgan fingerprint density at radius 3 is 3.04 bits per heavy atom. The van der Waals surface area contributed by atoms with Crippen LogP contribution in [0, 0.1) is 6.92 Å². The molecule has 1 fully saturated rings. The molecule has 5 nitrogen and oxygen atoms in total. The van der Waals surface area contributed by atoms with Crippen molar-refractivity contribution in [3.63, 3.8) is 0 Å². The minimum Gasteiger partial charge on any atom is -0.351 e. The molecule has 0 N–H and O–H groups in total. The van der Waals surface area contributed by atoms with Gasteiger partial charge in [0.25, 0.3) is 5.91 Å². The first-order valence-electron chi connectivity index (χ1n) is 7.79. The third kappa shape index (κ3) is 2.74. The molecular weight excluding hydrogens is 310 g/mol. The highest BCUT2D eigenvalue weighted by molar-refractivity contribution is 7.18. The van der Waals surface area contributed by atoms with Crippen LogP contribution in [0.4, 0.5) is 0 Å². The summed E-state index contributed by atoms with van der Waals surface area (Å²) < 4.78 is 6.32. The lowest BCUT2D eigenvalue weighted by molar-refractivity contribution is 0.0665. The highest BCUT2D eigenvalue weighted by atomic mass is 32.1. The van der Waals surface area contributed by atoms with Crippen molar-refractivity contribution in [2.45, 2.75) is 25.7 Å². The third-order valence-corrected chi connectivity index (χ3v) is 5.41. The second-order valence-electron chi connectivity index (χ2n) is 5.94. The molecule has 0 saturated carbocycles. The van der Waals surface area contributed by atoms with Gasteiger partial charge in [0.15, 0.2) is 0 Å². The van der Waals surface area contributed by atoms with E-state index in [1.165, 1.54) is 4.70 Å². The molecule has 0 radical (unpaired) electrons. The standard InChI is InChI=1S/C17H17N3O2S/c1-11-9-14(22-19-11)17(21)20-8-4-5-12(10-20)16-18-13-6-2-3-7-15(13)23-16/h2-3,6-7,9,12H,4-5,8,10H2,1H3/t12-/m1/s1. The van der Waals surface area contributed by atoms with Crippen LogP contribution in [0.25, 0.3) is 10.2 Å². The van der Waals surface area contributed by atoms with E-state index in [0.717, 1.165) is 35.6 Å². The number of carbonyl (C=O) groups excluding carboxylic acids is 1. The average Bonchev–Trinajstić information content (AvgIpc) is 3.20. The van der Waals surface area contributed by atoms with Crippen LogP contribution in [0.3, 0.4) is 0 Å². The quantitative estimate of drug-likeness (QED) is 0.721. The Hall–Kier alpha value is -2.21. The predicted molar refractivity (Wildman–Crippen MR) is 88.7 cm³/mol. The van der Waals surface area contributed by atoms with Crippen molar-refractivity contribution >= 4 is 27.5 Å². The SMILES string of the molecule is Cc1cc(C(=O)N2CCC[C@@H](c3nc4ccccc4s3)C2)on1. The number of rotatable bonds is 2. The Morgan fingerprint density at radius 2 is 2.26 bits per heavy atom. The molecule has 0 bridgehead atoms. The molecule has 3 aromatic rings. The van der Waals surface area contributed by atoms with Gasteiger partial charge < -0.3 is 9.42 Å².